The van der Waals surface area contributed by atoms with Gasteiger partial charge >= 0.3 is 0 Å². The quantitative estimate of drug-likeness (QED) is 0.491. The van der Waals surface area contributed by atoms with E-state index in [4.69, 9.17) is 0 Å². The summed E-state index contributed by atoms with van der Waals surface area (Å²) >= 11 is 0. The molecule has 0 amide bonds. The summed E-state index contributed by atoms with van der Waals surface area (Å²) in [5, 5.41) is 0. The summed E-state index contributed by atoms with van der Waals surface area (Å²) in [5.74, 6) is -0.575. The molecule has 7 heteroatoms. The lowest BCUT2D eigenvalue weighted by Gasteiger charge is -2.11. The summed E-state index contributed by atoms with van der Waals surface area (Å²) in [7, 11) is -3.98. The van der Waals surface area contributed by atoms with E-state index in [0.717, 1.165) is 28.8 Å². The van der Waals surface area contributed by atoms with Crippen molar-refractivity contribution in [2.75, 3.05) is 4.72 Å². The van der Waals surface area contributed by atoms with Crippen LogP contribution in [0.15, 0.2) is 89.8 Å². The van der Waals surface area contributed by atoms with Crippen molar-refractivity contribution in [3.63, 3.8) is 0 Å². The van der Waals surface area contributed by atoms with E-state index in [-0.39, 0.29) is 10.8 Å². The smallest absolute Gasteiger partial charge is 0.247 e. The Morgan fingerprint density at radius 2 is 1.33 bits per heavy atom. The van der Waals surface area contributed by atoms with E-state index in [2.05, 4.69) is 14.7 Å². The van der Waals surface area contributed by atoms with Gasteiger partial charge in [0.25, 0.3) is 10.0 Å². The Labute approximate surface area is 174 Å². The monoisotopic (exact) mass is 419 g/mol. The maximum absolute atomic E-state index is 13.2. The van der Waals surface area contributed by atoms with Gasteiger partial charge in [-0.2, -0.15) is 0 Å². The molecular weight excluding hydrogens is 401 g/mol. The molecule has 0 atom stereocenters. The molecule has 1 N–H and O–H groups in total. The third-order valence-electron chi connectivity index (χ3n) is 4.49. The number of aryl methyl sites for hydroxylation is 1. The maximum Gasteiger partial charge on any atom is 0.264 e. The van der Waals surface area contributed by atoms with Crippen LogP contribution < -0.4 is 4.72 Å². The molecule has 0 saturated heterocycles. The highest BCUT2D eigenvalue weighted by molar-refractivity contribution is 7.92. The molecule has 4 aromatic rings. The van der Waals surface area contributed by atoms with E-state index >= 15 is 0 Å². The summed E-state index contributed by atoms with van der Waals surface area (Å²) in [4.78, 5) is 8.74. The van der Waals surface area contributed by atoms with Crippen LogP contribution in [0.4, 0.5) is 10.3 Å². The number of sulfonamides is 1. The predicted molar refractivity (Wildman–Crippen MR) is 115 cm³/mol. The van der Waals surface area contributed by atoms with Crippen LogP contribution in [0.5, 0.6) is 0 Å². The first kappa shape index (κ1) is 19.7. The average molecular weight is 419 g/mol. The number of aromatic nitrogens is 2. The number of rotatable bonds is 5. The number of anilines is 1. The topological polar surface area (TPSA) is 72.0 Å². The second-order valence-electron chi connectivity index (χ2n) is 6.75. The predicted octanol–water partition coefficient (Wildman–Crippen LogP) is 5.06. The van der Waals surface area contributed by atoms with E-state index in [1.54, 1.807) is 0 Å². The lowest BCUT2D eigenvalue weighted by molar-refractivity contribution is 0.599. The largest absolute Gasteiger partial charge is 0.264 e. The average Bonchev–Trinajstić information content (AvgIpc) is 2.74. The molecule has 0 aliphatic heterocycles. The molecule has 0 fully saturated rings. The van der Waals surface area contributed by atoms with Gasteiger partial charge in [-0.3, -0.25) is 0 Å². The summed E-state index contributed by atoms with van der Waals surface area (Å²) in [5.41, 5.74) is 3.94. The number of halogens is 1. The van der Waals surface area contributed by atoms with Gasteiger partial charge in [-0.1, -0.05) is 60.2 Å². The van der Waals surface area contributed by atoms with Gasteiger partial charge in [-0.05, 0) is 37.3 Å². The lowest BCUT2D eigenvalue weighted by atomic mass is 10.1. The van der Waals surface area contributed by atoms with Crippen LogP contribution in [-0.2, 0) is 10.0 Å². The van der Waals surface area contributed by atoms with Crippen molar-refractivity contribution in [3.8, 4) is 22.5 Å². The molecule has 3 aromatic carbocycles. The van der Waals surface area contributed by atoms with Gasteiger partial charge in [-0.25, -0.2) is 27.5 Å². The highest BCUT2D eigenvalue weighted by Crippen LogP contribution is 2.26. The van der Waals surface area contributed by atoms with Crippen molar-refractivity contribution >= 4 is 16.0 Å². The third-order valence-corrected chi connectivity index (χ3v) is 5.84. The SMILES string of the molecule is Cc1ccc(-c2cc(-c3ccccc3)nc(NS(=O)(=O)c3ccc(F)cc3)n2)cc1. The second kappa shape index (κ2) is 8.04. The first-order valence-electron chi connectivity index (χ1n) is 9.21. The van der Waals surface area contributed by atoms with E-state index < -0.39 is 15.8 Å². The lowest BCUT2D eigenvalue weighted by Crippen LogP contribution is -2.15. The minimum Gasteiger partial charge on any atom is -0.247 e. The van der Waals surface area contributed by atoms with E-state index in [1.807, 2.05) is 67.6 Å². The van der Waals surface area contributed by atoms with Crippen LogP contribution in [-0.4, -0.2) is 18.4 Å². The van der Waals surface area contributed by atoms with Crippen LogP contribution in [0.1, 0.15) is 5.56 Å². The molecule has 0 bridgehead atoms. The van der Waals surface area contributed by atoms with Crippen molar-refractivity contribution in [1.29, 1.82) is 0 Å². The number of benzene rings is 3. The van der Waals surface area contributed by atoms with Crippen molar-refractivity contribution in [3.05, 3.63) is 96.3 Å². The molecule has 5 nitrogen and oxygen atoms in total. The van der Waals surface area contributed by atoms with Crippen LogP contribution in [0.25, 0.3) is 22.5 Å². The highest BCUT2D eigenvalue weighted by atomic mass is 32.2. The molecule has 0 aliphatic carbocycles. The van der Waals surface area contributed by atoms with Gasteiger partial charge < -0.3 is 0 Å². The molecular formula is C23H18FN3O2S. The fourth-order valence-corrected chi connectivity index (χ4v) is 3.86. The van der Waals surface area contributed by atoms with Gasteiger partial charge in [0.2, 0.25) is 5.95 Å². The fraction of sp³-hybridized carbons (Fsp3) is 0.0435. The summed E-state index contributed by atoms with van der Waals surface area (Å²) < 4.78 is 41.1. The summed E-state index contributed by atoms with van der Waals surface area (Å²) in [6, 6.07) is 23.6. The Morgan fingerprint density at radius 3 is 1.93 bits per heavy atom. The van der Waals surface area contributed by atoms with Gasteiger partial charge in [0.1, 0.15) is 5.82 Å². The molecule has 0 saturated carbocycles. The molecule has 0 unspecified atom stereocenters. The number of nitrogens with one attached hydrogen (secondary N) is 1. The molecule has 1 aromatic heterocycles. The number of hydrogen-bond donors (Lipinski definition) is 1. The Hall–Kier alpha value is -3.58. The zero-order valence-corrected chi connectivity index (χ0v) is 16.9. The van der Waals surface area contributed by atoms with Crippen molar-refractivity contribution in [1.82, 2.24) is 9.97 Å². The van der Waals surface area contributed by atoms with Crippen molar-refractivity contribution in [2.24, 2.45) is 0 Å². The molecule has 150 valence electrons. The molecule has 4 rings (SSSR count). The molecule has 0 aliphatic rings. The Morgan fingerprint density at radius 1 is 0.767 bits per heavy atom. The zero-order valence-electron chi connectivity index (χ0n) is 16.1. The number of hydrogen-bond acceptors (Lipinski definition) is 4. The Balaban J connectivity index is 1.79. The Bertz CT molecular complexity index is 1270. The first-order chi connectivity index (χ1) is 14.4. The van der Waals surface area contributed by atoms with Crippen LogP contribution in [0.3, 0.4) is 0 Å². The first-order valence-corrected chi connectivity index (χ1v) is 10.7. The van der Waals surface area contributed by atoms with Crippen LogP contribution in [0, 0.1) is 12.7 Å². The van der Waals surface area contributed by atoms with E-state index in [1.165, 1.54) is 12.1 Å². The van der Waals surface area contributed by atoms with Crippen molar-refractivity contribution < 1.29 is 12.8 Å². The second-order valence-corrected chi connectivity index (χ2v) is 8.44. The molecule has 0 radical (unpaired) electrons. The highest BCUT2D eigenvalue weighted by Gasteiger charge is 2.17. The van der Waals surface area contributed by atoms with Gasteiger partial charge in [-0.15, -0.1) is 0 Å². The fourth-order valence-electron chi connectivity index (χ4n) is 2.91. The minimum atomic E-state index is -3.98. The maximum atomic E-state index is 13.2. The normalized spacial score (nSPS) is 11.3. The van der Waals surface area contributed by atoms with Gasteiger partial charge in [0.05, 0.1) is 16.3 Å². The number of nitrogens with zero attached hydrogens (tertiary/aromatic N) is 2. The van der Waals surface area contributed by atoms with Gasteiger partial charge in [0, 0.05) is 11.1 Å². The standard InChI is InChI=1S/C23H18FN3O2S/c1-16-7-9-18(10-8-16)22-15-21(17-5-3-2-4-6-17)25-23(26-22)27-30(28,29)20-13-11-19(24)12-14-20/h2-15H,1H3,(H,25,26,27). The molecule has 30 heavy (non-hydrogen) atoms. The van der Waals surface area contributed by atoms with Crippen LogP contribution in [0.2, 0.25) is 0 Å². The third kappa shape index (κ3) is 4.36. The summed E-state index contributed by atoms with van der Waals surface area (Å²) in [6.45, 7) is 1.99. The minimum absolute atomic E-state index is 0.0590. The van der Waals surface area contributed by atoms with Gasteiger partial charge in [0.15, 0.2) is 0 Å². The molecule has 1 heterocycles. The Kier molecular flexibility index (Phi) is 5.29. The van der Waals surface area contributed by atoms with E-state index in [0.29, 0.717) is 11.4 Å². The zero-order chi connectivity index (χ0) is 21.1. The molecule has 0 spiro atoms. The van der Waals surface area contributed by atoms with Crippen molar-refractivity contribution in [2.45, 2.75) is 11.8 Å². The van der Waals surface area contributed by atoms with E-state index in [9.17, 15) is 12.8 Å². The summed E-state index contributed by atoms with van der Waals surface area (Å²) in [6.07, 6.45) is 0. The van der Waals surface area contributed by atoms with Crippen LogP contribution >= 0.6 is 0 Å².